The van der Waals surface area contributed by atoms with Crippen LogP contribution in [-0.2, 0) is 9.59 Å². The fourth-order valence-corrected chi connectivity index (χ4v) is 6.11. The number of carbonyl (C=O) groups excluding carboxylic acids is 2. The molecule has 0 bridgehead atoms. The third-order valence-electron chi connectivity index (χ3n) is 7.71. The first-order valence-corrected chi connectivity index (χ1v) is 12.4. The first kappa shape index (κ1) is 20.4. The Labute approximate surface area is 195 Å². The van der Waals surface area contributed by atoms with Crippen molar-refractivity contribution < 1.29 is 9.59 Å². The van der Waals surface area contributed by atoms with Crippen molar-refractivity contribution in [2.75, 3.05) is 0 Å². The molecule has 1 amide bonds. The van der Waals surface area contributed by atoms with E-state index in [0.717, 1.165) is 48.1 Å². The van der Waals surface area contributed by atoms with Crippen molar-refractivity contribution in [2.24, 2.45) is 5.92 Å². The lowest BCUT2D eigenvalue weighted by Crippen LogP contribution is -2.25. The van der Waals surface area contributed by atoms with Crippen LogP contribution in [0.2, 0.25) is 0 Å². The maximum Gasteiger partial charge on any atom is 0.263 e. The van der Waals surface area contributed by atoms with Gasteiger partial charge in [0.1, 0.15) is 0 Å². The van der Waals surface area contributed by atoms with Gasteiger partial charge in [0.05, 0.1) is 16.8 Å². The normalized spacial score (nSPS) is 28.7. The smallest absolute Gasteiger partial charge is 0.263 e. The molecule has 0 saturated carbocycles. The van der Waals surface area contributed by atoms with E-state index >= 15 is 0 Å². The van der Waals surface area contributed by atoms with E-state index in [1.807, 2.05) is 30.5 Å². The van der Waals surface area contributed by atoms with Crippen molar-refractivity contribution in [3.63, 3.8) is 0 Å². The summed E-state index contributed by atoms with van der Waals surface area (Å²) in [6.45, 7) is 0. The van der Waals surface area contributed by atoms with Crippen molar-refractivity contribution in [3.8, 4) is 0 Å². The van der Waals surface area contributed by atoms with Gasteiger partial charge in [-0.05, 0) is 66.0 Å². The Hall–Kier alpha value is -3.20. The van der Waals surface area contributed by atoms with E-state index in [9.17, 15) is 9.59 Å². The van der Waals surface area contributed by atoms with E-state index in [1.54, 1.807) is 4.90 Å². The molecule has 2 aliphatic heterocycles. The topological polar surface area (TPSA) is 37.4 Å². The molecule has 0 aromatic carbocycles. The van der Waals surface area contributed by atoms with Gasteiger partial charge in [-0.2, -0.15) is 0 Å². The lowest BCUT2D eigenvalue weighted by Gasteiger charge is -2.27. The summed E-state index contributed by atoms with van der Waals surface area (Å²) in [4.78, 5) is 29.4. The molecule has 0 fully saturated rings. The van der Waals surface area contributed by atoms with E-state index in [1.165, 1.54) is 36.8 Å². The predicted molar refractivity (Wildman–Crippen MR) is 131 cm³/mol. The van der Waals surface area contributed by atoms with Crippen molar-refractivity contribution in [1.82, 2.24) is 4.90 Å². The molecular formula is C30H29NO2. The second kappa shape index (κ2) is 8.30. The molecule has 6 rings (SSSR count). The highest BCUT2D eigenvalue weighted by atomic mass is 16.2. The van der Waals surface area contributed by atoms with E-state index in [4.69, 9.17) is 0 Å². The summed E-state index contributed by atoms with van der Waals surface area (Å²) in [6, 6.07) is 0. The highest BCUT2D eigenvalue weighted by molar-refractivity contribution is 6.18. The Morgan fingerprint density at radius 3 is 2.45 bits per heavy atom. The average Bonchev–Trinajstić information content (AvgIpc) is 3.08. The highest BCUT2D eigenvalue weighted by Crippen LogP contribution is 2.49. The van der Waals surface area contributed by atoms with Crippen molar-refractivity contribution in [3.05, 3.63) is 106 Å². The highest BCUT2D eigenvalue weighted by Gasteiger charge is 2.45. The second-order valence-corrected chi connectivity index (χ2v) is 9.67. The van der Waals surface area contributed by atoms with Gasteiger partial charge >= 0.3 is 0 Å². The maximum atomic E-state index is 13.9. The number of fused-ring (bicyclic) bond motifs is 6. The van der Waals surface area contributed by atoms with Crippen LogP contribution in [-0.4, -0.2) is 16.6 Å². The third-order valence-corrected chi connectivity index (χ3v) is 7.71. The molecule has 0 N–H and O–H groups in total. The largest absolute Gasteiger partial charge is 0.294 e. The summed E-state index contributed by atoms with van der Waals surface area (Å²) in [7, 11) is 0. The Morgan fingerprint density at radius 1 is 0.788 bits per heavy atom. The second-order valence-electron chi connectivity index (χ2n) is 9.67. The number of rotatable bonds is 0. The van der Waals surface area contributed by atoms with Gasteiger partial charge in [-0.25, -0.2) is 0 Å². The maximum absolute atomic E-state index is 13.9. The lowest BCUT2D eigenvalue weighted by atomic mass is 9.78. The summed E-state index contributed by atoms with van der Waals surface area (Å²) in [5.74, 6) is 0.182. The zero-order chi connectivity index (χ0) is 22.4. The molecule has 0 saturated heterocycles. The number of allylic oxidation sites excluding steroid dienone is 14. The van der Waals surface area contributed by atoms with Crippen LogP contribution in [0.15, 0.2) is 106 Å². The summed E-state index contributed by atoms with van der Waals surface area (Å²) < 4.78 is 0. The van der Waals surface area contributed by atoms with Crippen LogP contribution in [0.25, 0.3) is 0 Å². The fourth-order valence-electron chi connectivity index (χ4n) is 6.11. The number of hydrogen-bond donors (Lipinski definition) is 0. The molecule has 0 radical (unpaired) electrons. The van der Waals surface area contributed by atoms with E-state index in [2.05, 4.69) is 30.4 Å². The minimum absolute atomic E-state index is 0.0324. The minimum atomic E-state index is -0.0324. The van der Waals surface area contributed by atoms with Gasteiger partial charge in [-0.1, -0.05) is 67.9 Å². The van der Waals surface area contributed by atoms with Crippen molar-refractivity contribution in [1.29, 1.82) is 0 Å². The molecule has 6 aliphatic rings. The standard InChI is InChI=1S/C30H29NO2/c32-25-17-16-22-15-14-20-10-7-4-5-8-12-23(20)26(22)28-27(25)29-24-13-9-3-1-2-6-11-21(24)18-19-31(29)30(28)33/h4-5,7-8,10,12,14-15,18-19,22H,1-3,6,9,11,13,16-17H2/b5-4?,7-4-,8-5-,10-7?,12-8?,20-10?,23-12?. The van der Waals surface area contributed by atoms with Crippen LogP contribution >= 0.6 is 0 Å². The molecular weight excluding hydrogens is 406 g/mol. The van der Waals surface area contributed by atoms with Crippen LogP contribution in [0, 0.1) is 5.92 Å². The van der Waals surface area contributed by atoms with E-state index in [0.29, 0.717) is 17.6 Å². The van der Waals surface area contributed by atoms with Crippen LogP contribution in [0.3, 0.4) is 0 Å². The molecule has 4 aliphatic carbocycles. The summed E-state index contributed by atoms with van der Waals surface area (Å²) in [5, 5.41) is 0. The van der Waals surface area contributed by atoms with Crippen molar-refractivity contribution >= 4 is 11.7 Å². The third kappa shape index (κ3) is 3.33. The summed E-state index contributed by atoms with van der Waals surface area (Å²) in [6.07, 6.45) is 30.0. The predicted octanol–water partition coefficient (Wildman–Crippen LogP) is 6.48. The molecule has 3 heteroatoms. The molecule has 0 aromatic rings. The number of carbonyl (C=O) groups is 2. The van der Waals surface area contributed by atoms with Gasteiger partial charge in [-0.15, -0.1) is 0 Å². The number of ketones is 1. The monoisotopic (exact) mass is 435 g/mol. The van der Waals surface area contributed by atoms with Crippen LogP contribution in [0.1, 0.15) is 57.8 Å². The quantitative estimate of drug-likeness (QED) is 0.437. The van der Waals surface area contributed by atoms with E-state index < -0.39 is 0 Å². The van der Waals surface area contributed by atoms with Gasteiger partial charge in [0.25, 0.3) is 5.91 Å². The SMILES string of the molecule is O=C1CCC2C=CC3=C/C=C\C=C/C=C3C2=C2C(=O)N3C=CC4=C(CCCCCCC4)C3=C12. The Bertz CT molecular complexity index is 1220. The van der Waals surface area contributed by atoms with E-state index in [-0.39, 0.29) is 17.6 Å². The zero-order valence-corrected chi connectivity index (χ0v) is 19.0. The van der Waals surface area contributed by atoms with Gasteiger partial charge < -0.3 is 0 Å². The molecule has 0 aromatic heterocycles. The minimum Gasteiger partial charge on any atom is -0.294 e. The van der Waals surface area contributed by atoms with Crippen molar-refractivity contribution in [2.45, 2.75) is 57.8 Å². The summed E-state index contributed by atoms with van der Waals surface area (Å²) in [5.41, 5.74) is 8.01. The Balaban J connectivity index is 1.61. The molecule has 0 spiro atoms. The van der Waals surface area contributed by atoms with Gasteiger partial charge in [0, 0.05) is 18.5 Å². The number of nitrogens with zero attached hydrogens (tertiary/aromatic N) is 1. The average molecular weight is 436 g/mol. The molecule has 3 nitrogen and oxygen atoms in total. The number of amides is 1. The van der Waals surface area contributed by atoms with Gasteiger partial charge in [0.15, 0.2) is 5.78 Å². The Morgan fingerprint density at radius 2 is 1.58 bits per heavy atom. The van der Waals surface area contributed by atoms with Gasteiger partial charge in [-0.3, -0.25) is 14.5 Å². The van der Waals surface area contributed by atoms with Crippen LogP contribution in [0.5, 0.6) is 0 Å². The molecule has 1 unspecified atom stereocenters. The molecule has 33 heavy (non-hydrogen) atoms. The Kier molecular flexibility index (Phi) is 5.13. The van der Waals surface area contributed by atoms with Crippen LogP contribution in [0.4, 0.5) is 0 Å². The fraction of sp³-hybridized carbons (Fsp3) is 0.333. The lowest BCUT2D eigenvalue weighted by molar-refractivity contribution is -0.122. The molecule has 2 heterocycles. The first-order chi connectivity index (χ1) is 16.2. The van der Waals surface area contributed by atoms with Gasteiger partial charge in [0.2, 0.25) is 0 Å². The van der Waals surface area contributed by atoms with Crippen LogP contribution < -0.4 is 0 Å². The summed E-state index contributed by atoms with van der Waals surface area (Å²) >= 11 is 0. The molecule has 1 atom stereocenters. The zero-order valence-electron chi connectivity index (χ0n) is 19.0. The number of Topliss-reactive ketones (excluding diaryl/α,β-unsaturated/α-hetero) is 1. The molecule has 166 valence electrons. The number of hydrogen-bond acceptors (Lipinski definition) is 2. The first-order valence-electron chi connectivity index (χ1n) is 12.4.